The van der Waals surface area contributed by atoms with Crippen LogP contribution in [0.25, 0.3) is 12.7 Å². The molecule has 2 aromatic carbocycles. The van der Waals surface area contributed by atoms with E-state index in [1.165, 1.54) is 11.1 Å². The van der Waals surface area contributed by atoms with Gasteiger partial charge in [-0.05, 0) is 46.4 Å². The number of nitrogens with one attached hydrogen (secondary N) is 1. The second-order valence-corrected chi connectivity index (χ2v) is 7.56. The van der Waals surface area contributed by atoms with E-state index in [-0.39, 0.29) is 11.3 Å². The van der Waals surface area contributed by atoms with Crippen LogP contribution in [0.1, 0.15) is 45.2 Å². The molecular weight excluding hydrogens is 318 g/mol. The quantitative estimate of drug-likeness (QED) is 0.857. The molecule has 0 unspecified atom stereocenters. The summed E-state index contributed by atoms with van der Waals surface area (Å²) in [6, 6.07) is 14.4. The molecule has 2 rings (SSSR count). The Balaban J connectivity index is 2.01. The molecule has 1 N–H and O–H groups in total. The van der Waals surface area contributed by atoms with Crippen molar-refractivity contribution in [2.45, 2.75) is 46.0 Å². The average Bonchev–Trinajstić information content (AvgIpc) is 2.60. The van der Waals surface area contributed by atoms with Gasteiger partial charge in [0.2, 0.25) is 5.91 Å². The molecule has 0 atom stereocenters. The van der Waals surface area contributed by atoms with Crippen LogP contribution in [0.15, 0.2) is 54.6 Å². The number of allylic oxidation sites excluding steroid dienone is 2. The van der Waals surface area contributed by atoms with Crippen LogP contribution in [0.5, 0.6) is 0 Å². The van der Waals surface area contributed by atoms with Crippen LogP contribution in [0, 0.1) is 0 Å². The van der Waals surface area contributed by atoms with Gasteiger partial charge in [0.1, 0.15) is 0 Å². The van der Waals surface area contributed by atoms with Crippen LogP contribution in [0.4, 0.5) is 5.69 Å². The lowest BCUT2D eigenvalue weighted by molar-refractivity contribution is -0.116. The van der Waals surface area contributed by atoms with Gasteiger partial charge in [0, 0.05) is 12.1 Å². The van der Waals surface area contributed by atoms with Crippen molar-refractivity contribution in [1.29, 1.82) is 0 Å². The lowest BCUT2D eigenvalue weighted by Crippen LogP contribution is -2.28. The third-order valence-corrected chi connectivity index (χ3v) is 4.42. The second-order valence-electron chi connectivity index (χ2n) is 7.56. The van der Waals surface area contributed by atoms with E-state index in [2.05, 4.69) is 56.9 Å². The first-order chi connectivity index (χ1) is 12.3. The molecule has 26 heavy (non-hydrogen) atoms. The van der Waals surface area contributed by atoms with Crippen molar-refractivity contribution in [3.8, 4) is 0 Å². The van der Waals surface area contributed by atoms with E-state index < -0.39 is 0 Å². The lowest BCUT2D eigenvalue weighted by Gasteiger charge is -2.19. The first-order valence-corrected chi connectivity index (χ1v) is 9.11. The van der Waals surface area contributed by atoms with Gasteiger partial charge in [-0.1, -0.05) is 82.0 Å². The Morgan fingerprint density at radius 3 is 2.42 bits per heavy atom. The predicted octanol–water partition coefficient (Wildman–Crippen LogP) is 4.32. The molecule has 0 saturated heterocycles. The molecule has 0 heterocycles. The summed E-state index contributed by atoms with van der Waals surface area (Å²) in [5.74, 6) is 0.0120. The van der Waals surface area contributed by atoms with Crippen molar-refractivity contribution >= 4 is 24.2 Å². The molecule has 2 nitrogen and oxygen atoms in total. The number of anilines is 1. The van der Waals surface area contributed by atoms with Gasteiger partial charge in [-0.25, -0.2) is 0 Å². The number of hydrogen-bond donors (Lipinski definition) is 1. The van der Waals surface area contributed by atoms with E-state index in [1.54, 1.807) is 0 Å². The number of amides is 1. The minimum absolute atomic E-state index is 0.0120. The molecule has 0 aliphatic heterocycles. The molecule has 0 aliphatic rings. The number of aryl methyl sites for hydroxylation is 1. The summed E-state index contributed by atoms with van der Waals surface area (Å²) in [6.07, 6.45) is 7.12. The van der Waals surface area contributed by atoms with Crippen LogP contribution in [-0.4, -0.2) is 5.91 Å². The Morgan fingerprint density at radius 1 is 1.12 bits per heavy atom. The number of benzene rings is 2. The normalized spacial score (nSPS) is 12.5. The van der Waals surface area contributed by atoms with Gasteiger partial charge in [-0.2, -0.15) is 0 Å². The van der Waals surface area contributed by atoms with Gasteiger partial charge < -0.3 is 5.32 Å². The third kappa shape index (κ3) is 5.45. The van der Waals surface area contributed by atoms with Crippen molar-refractivity contribution in [3.63, 3.8) is 0 Å². The van der Waals surface area contributed by atoms with E-state index >= 15 is 0 Å². The Hall–Kier alpha value is -2.61. The van der Waals surface area contributed by atoms with E-state index in [9.17, 15) is 4.79 Å². The fourth-order valence-electron chi connectivity index (χ4n) is 2.72. The van der Waals surface area contributed by atoms with Crippen molar-refractivity contribution in [3.05, 3.63) is 76.2 Å². The number of carbonyl (C=O) groups excluding carboxylic acids is 1. The zero-order valence-electron chi connectivity index (χ0n) is 16.3. The Kier molecular flexibility index (Phi) is 6.57. The molecule has 0 spiro atoms. The van der Waals surface area contributed by atoms with Crippen molar-refractivity contribution in [1.82, 2.24) is 0 Å². The SMILES string of the molecule is C=c1c(NC(=O)CCc2ccc(C(C)(C)C)cc2)ccc/c1=C/C=C\C. The van der Waals surface area contributed by atoms with Gasteiger partial charge in [-0.3, -0.25) is 4.79 Å². The monoisotopic (exact) mass is 347 g/mol. The minimum atomic E-state index is 0.0120. The lowest BCUT2D eigenvalue weighted by atomic mass is 9.86. The van der Waals surface area contributed by atoms with Crippen molar-refractivity contribution in [2.75, 3.05) is 5.32 Å². The van der Waals surface area contributed by atoms with Crippen LogP contribution >= 0.6 is 0 Å². The van der Waals surface area contributed by atoms with E-state index in [4.69, 9.17) is 0 Å². The highest BCUT2D eigenvalue weighted by molar-refractivity contribution is 5.91. The molecule has 0 saturated carbocycles. The molecule has 1 amide bonds. The molecule has 2 aromatic rings. The van der Waals surface area contributed by atoms with Crippen LogP contribution in [0.2, 0.25) is 0 Å². The summed E-state index contributed by atoms with van der Waals surface area (Å²) in [5.41, 5.74) is 3.41. The van der Waals surface area contributed by atoms with Crippen LogP contribution < -0.4 is 15.8 Å². The molecular formula is C24H29NO. The summed E-state index contributed by atoms with van der Waals surface area (Å²) in [5, 5.41) is 4.84. The molecule has 136 valence electrons. The highest BCUT2D eigenvalue weighted by atomic mass is 16.1. The molecule has 0 aromatic heterocycles. The zero-order chi connectivity index (χ0) is 19.2. The molecule has 0 fully saturated rings. The molecule has 0 aliphatic carbocycles. The average molecular weight is 348 g/mol. The summed E-state index contributed by atoms with van der Waals surface area (Å²) in [6.45, 7) is 12.7. The van der Waals surface area contributed by atoms with Gasteiger partial charge in [0.15, 0.2) is 0 Å². The Labute approximate surface area is 157 Å². The maximum atomic E-state index is 12.3. The van der Waals surface area contributed by atoms with Gasteiger partial charge in [0.05, 0.1) is 0 Å². The first kappa shape index (κ1) is 19.7. The summed E-state index contributed by atoms with van der Waals surface area (Å²) < 4.78 is 0. The predicted molar refractivity (Wildman–Crippen MR) is 113 cm³/mol. The minimum Gasteiger partial charge on any atom is -0.326 e. The maximum Gasteiger partial charge on any atom is 0.224 e. The van der Waals surface area contributed by atoms with Crippen molar-refractivity contribution < 1.29 is 4.79 Å². The number of carbonyl (C=O) groups is 1. The standard InChI is InChI=1S/C24H29NO/c1-6-7-9-20-10-8-11-22(18(20)2)25-23(26)17-14-19-12-15-21(16-13-19)24(3,4)5/h6-13,15-16H,2,14,17H2,1,3-5H3,(H,25,26)/b7-6-,20-9-. The molecule has 0 radical (unpaired) electrons. The van der Waals surface area contributed by atoms with Crippen LogP contribution in [-0.2, 0) is 16.6 Å². The topological polar surface area (TPSA) is 29.1 Å². The smallest absolute Gasteiger partial charge is 0.224 e. The summed E-state index contributed by atoms with van der Waals surface area (Å²) in [4.78, 5) is 12.3. The van der Waals surface area contributed by atoms with Gasteiger partial charge in [-0.15, -0.1) is 0 Å². The molecule has 0 bridgehead atoms. The number of hydrogen-bond acceptors (Lipinski definition) is 1. The Bertz CT molecular complexity index is 883. The zero-order valence-corrected chi connectivity index (χ0v) is 16.3. The maximum absolute atomic E-state index is 12.3. The van der Waals surface area contributed by atoms with Gasteiger partial charge >= 0.3 is 0 Å². The van der Waals surface area contributed by atoms with Crippen LogP contribution in [0.3, 0.4) is 0 Å². The van der Waals surface area contributed by atoms with E-state index in [0.29, 0.717) is 6.42 Å². The fourth-order valence-corrected chi connectivity index (χ4v) is 2.72. The number of rotatable bonds is 5. The Morgan fingerprint density at radius 2 is 1.81 bits per heavy atom. The highest BCUT2D eigenvalue weighted by Gasteiger charge is 2.13. The fraction of sp³-hybridized carbons (Fsp3) is 0.292. The third-order valence-electron chi connectivity index (χ3n) is 4.42. The summed E-state index contributed by atoms with van der Waals surface area (Å²) >= 11 is 0. The highest BCUT2D eigenvalue weighted by Crippen LogP contribution is 2.22. The van der Waals surface area contributed by atoms with Crippen molar-refractivity contribution in [2.24, 2.45) is 0 Å². The van der Waals surface area contributed by atoms with E-state index in [0.717, 1.165) is 22.5 Å². The van der Waals surface area contributed by atoms with Gasteiger partial charge in [0.25, 0.3) is 0 Å². The first-order valence-electron chi connectivity index (χ1n) is 9.11. The van der Waals surface area contributed by atoms with E-state index in [1.807, 2.05) is 43.4 Å². The summed E-state index contributed by atoms with van der Waals surface area (Å²) in [7, 11) is 0. The largest absolute Gasteiger partial charge is 0.326 e. The molecule has 2 heteroatoms. The second kappa shape index (κ2) is 8.66.